The van der Waals surface area contributed by atoms with E-state index >= 15 is 0 Å². The van der Waals surface area contributed by atoms with E-state index < -0.39 is 0 Å². The van der Waals surface area contributed by atoms with Gasteiger partial charge in [0.2, 0.25) is 0 Å². The lowest BCUT2D eigenvalue weighted by Gasteiger charge is -2.19. The molecule has 0 aliphatic heterocycles. The molecule has 21 heavy (non-hydrogen) atoms. The zero-order valence-electron chi connectivity index (χ0n) is 13.0. The molecule has 0 radical (unpaired) electrons. The number of ether oxygens (including phenoxy) is 1. The van der Waals surface area contributed by atoms with Crippen LogP contribution >= 0.6 is 11.6 Å². The summed E-state index contributed by atoms with van der Waals surface area (Å²) in [5.74, 6) is 1.65. The Bertz CT molecular complexity index is 407. The van der Waals surface area contributed by atoms with Gasteiger partial charge in [-0.25, -0.2) is 0 Å². The largest absolute Gasteiger partial charge is 0.396 e. The minimum Gasteiger partial charge on any atom is -0.396 e. The van der Waals surface area contributed by atoms with Crippen molar-refractivity contribution in [2.24, 2.45) is 11.8 Å². The van der Waals surface area contributed by atoms with Gasteiger partial charge in [-0.1, -0.05) is 32.0 Å². The molecule has 4 heteroatoms. The van der Waals surface area contributed by atoms with E-state index in [9.17, 15) is 5.11 Å². The van der Waals surface area contributed by atoms with Crippen LogP contribution in [0.25, 0.3) is 0 Å². The smallest absolute Gasteiger partial charge is 0.0720 e. The van der Waals surface area contributed by atoms with Gasteiger partial charge in [0.05, 0.1) is 13.2 Å². The Kier molecular flexibility index (Phi) is 8.93. The zero-order valence-corrected chi connectivity index (χ0v) is 13.8. The summed E-state index contributed by atoms with van der Waals surface area (Å²) in [6, 6.07) is 6.13. The molecule has 0 saturated carbocycles. The van der Waals surface area contributed by atoms with E-state index in [1.54, 1.807) is 0 Å². The van der Waals surface area contributed by atoms with E-state index in [0.29, 0.717) is 37.4 Å². The van der Waals surface area contributed by atoms with Crippen LogP contribution in [0.2, 0.25) is 0 Å². The molecule has 0 heterocycles. The minimum atomic E-state index is 0.0160. The molecule has 0 aliphatic carbocycles. The maximum absolute atomic E-state index is 9.41. The molecule has 120 valence electrons. The van der Waals surface area contributed by atoms with E-state index in [1.807, 2.05) is 6.07 Å². The van der Waals surface area contributed by atoms with Crippen LogP contribution in [0.1, 0.15) is 37.0 Å². The number of benzene rings is 1. The Morgan fingerprint density at radius 1 is 1.19 bits per heavy atom. The van der Waals surface area contributed by atoms with Gasteiger partial charge in [-0.2, -0.15) is 0 Å². The third-order valence-corrected chi connectivity index (χ3v) is 4.18. The molecule has 3 nitrogen and oxygen atoms in total. The lowest BCUT2D eigenvalue weighted by molar-refractivity contribution is 0.103. The summed E-state index contributed by atoms with van der Waals surface area (Å²) < 4.78 is 5.54. The van der Waals surface area contributed by atoms with Crippen molar-refractivity contribution in [2.45, 2.75) is 39.9 Å². The van der Waals surface area contributed by atoms with Gasteiger partial charge in [-0.3, -0.25) is 0 Å². The molecule has 1 rings (SSSR count). The van der Waals surface area contributed by atoms with Gasteiger partial charge in [0.1, 0.15) is 0 Å². The van der Waals surface area contributed by atoms with Crippen LogP contribution in [0.4, 0.5) is 0 Å². The van der Waals surface area contributed by atoms with Crippen LogP contribution in [-0.2, 0) is 24.4 Å². The van der Waals surface area contributed by atoms with E-state index in [1.165, 1.54) is 5.56 Å². The van der Waals surface area contributed by atoms with Crippen molar-refractivity contribution in [1.29, 1.82) is 0 Å². The molecule has 1 aromatic carbocycles. The van der Waals surface area contributed by atoms with Gasteiger partial charge >= 0.3 is 0 Å². The summed E-state index contributed by atoms with van der Waals surface area (Å²) in [6.07, 6.45) is 1.58. The molecule has 0 spiro atoms. The predicted octanol–water partition coefficient (Wildman–Crippen LogP) is 3.13. The molecule has 0 bridgehead atoms. The summed E-state index contributed by atoms with van der Waals surface area (Å²) in [5, 5.41) is 18.2. The highest BCUT2D eigenvalue weighted by Crippen LogP contribution is 2.21. The molecular formula is C17H27ClO3. The molecule has 2 N–H and O–H groups in total. The summed E-state index contributed by atoms with van der Waals surface area (Å²) >= 11 is 6.04. The fraction of sp³-hybridized carbons (Fsp3) is 0.647. The van der Waals surface area contributed by atoms with Crippen molar-refractivity contribution in [2.75, 3.05) is 19.1 Å². The lowest BCUT2D eigenvalue weighted by Crippen LogP contribution is -2.14. The first kappa shape index (κ1) is 18.4. The fourth-order valence-electron chi connectivity index (χ4n) is 2.21. The predicted molar refractivity (Wildman–Crippen MR) is 86.5 cm³/mol. The number of aliphatic hydroxyl groups is 2. The van der Waals surface area contributed by atoms with Crippen LogP contribution < -0.4 is 0 Å². The van der Waals surface area contributed by atoms with E-state index in [4.69, 9.17) is 21.4 Å². The SMILES string of the molecule is CC(C)[C@H](CCl)Cc1ccc(CO)c(COCCCO)c1. The molecule has 0 amide bonds. The van der Waals surface area contributed by atoms with Crippen molar-refractivity contribution in [3.05, 3.63) is 34.9 Å². The average molecular weight is 315 g/mol. The van der Waals surface area contributed by atoms with E-state index in [2.05, 4.69) is 26.0 Å². The van der Waals surface area contributed by atoms with Crippen LogP contribution in [0.5, 0.6) is 0 Å². The van der Waals surface area contributed by atoms with Gasteiger partial charge in [0, 0.05) is 19.1 Å². The van der Waals surface area contributed by atoms with Crippen molar-refractivity contribution >= 4 is 11.6 Å². The van der Waals surface area contributed by atoms with Gasteiger partial charge in [-0.05, 0) is 41.4 Å². The summed E-state index contributed by atoms with van der Waals surface area (Å²) in [7, 11) is 0. The first-order chi connectivity index (χ1) is 10.1. The van der Waals surface area contributed by atoms with E-state index in [-0.39, 0.29) is 13.2 Å². The zero-order chi connectivity index (χ0) is 15.7. The summed E-state index contributed by atoms with van der Waals surface area (Å²) in [4.78, 5) is 0. The lowest BCUT2D eigenvalue weighted by atomic mass is 9.90. The molecular weight excluding hydrogens is 288 g/mol. The highest BCUT2D eigenvalue weighted by molar-refractivity contribution is 6.18. The topological polar surface area (TPSA) is 49.7 Å². The number of hydrogen-bond donors (Lipinski definition) is 2. The monoisotopic (exact) mass is 314 g/mol. The van der Waals surface area contributed by atoms with Gasteiger partial charge < -0.3 is 14.9 Å². The molecule has 0 aromatic heterocycles. The van der Waals surface area contributed by atoms with Crippen LogP contribution in [0.15, 0.2) is 18.2 Å². The maximum Gasteiger partial charge on any atom is 0.0720 e. The second-order valence-electron chi connectivity index (χ2n) is 5.75. The van der Waals surface area contributed by atoms with Crippen LogP contribution in [0, 0.1) is 11.8 Å². The Labute approximate surface area is 132 Å². The highest BCUT2D eigenvalue weighted by Gasteiger charge is 2.14. The second-order valence-corrected chi connectivity index (χ2v) is 6.06. The van der Waals surface area contributed by atoms with Crippen molar-refractivity contribution in [1.82, 2.24) is 0 Å². The van der Waals surface area contributed by atoms with Crippen molar-refractivity contribution < 1.29 is 14.9 Å². The number of rotatable bonds is 10. The van der Waals surface area contributed by atoms with Gasteiger partial charge in [0.15, 0.2) is 0 Å². The van der Waals surface area contributed by atoms with Gasteiger partial charge in [0.25, 0.3) is 0 Å². The number of hydrogen-bond acceptors (Lipinski definition) is 3. The molecule has 0 aliphatic rings. The van der Waals surface area contributed by atoms with Crippen molar-refractivity contribution in [3.8, 4) is 0 Å². The average Bonchev–Trinajstić information content (AvgIpc) is 2.49. The minimum absolute atomic E-state index is 0.0160. The first-order valence-corrected chi connectivity index (χ1v) is 8.11. The number of aliphatic hydroxyl groups excluding tert-OH is 2. The fourth-order valence-corrected chi connectivity index (χ4v) is 2.68. The third-order valence-electron chi connectivity index (χ3n) is 3.78. The molecule has 0 unspecified atom stereocenters. The maximum atomic E-state index is 9.41. The van der Waals surface area contributed by atoms with E-state index in [0.717, 1.165) is 17.5 Å². The number of halogens is 1. The Hall–Kier alpha value is -0.610. The van der Waals surface area contributed by atoms with Crippen LogP contribution in [0.3, 0.4) is 0 Å². The van der Waals surface area contributed by atoms with Crippen molar-refractivity contribution in [3.63, 3.8) is 0 Å². The third kappa shape index (κ3) is 6.35. The highest BCUT2D eigenvalue weighted by atomic mass is 35.5. The molecule has 0 fully saturated rings. The quantitative estimate of drug-likeness (QED) is 0.515. The molecule has 1 aromatic rings. The standard InChI is InChI=1S/C17H27ClO3/c1-13(2)16(10-18)8-14-4-5-15(11-20)17(9-14)12-21-7-3-6-19/h4-5,9,13,16,19-20H,3,6-8,10-12H2,1-2H3/t16-/m0/s1. The second kappa shape index (κ2) is 10.2. The summed E-state index contributed by atoms with van der Waals surface area (Å²) in [5.41, 5.74) is 3.15. The Morgan fingerprint density at radius 3 is 2.52 bits per heavy atom. The molecule has 1 atom stereocenters. The van der Waals surface area contributed by atoms with Gasteiger partial charge in [-0.15, -0.1) is 11.6 Å². The van der Waals surface area contributed by atoms with Crippen LogP contribution in [-0.4, -0.2) is 29.3 Å². The Morgan fingerprint density at radius 2 is 1.95 bits per heavy atom. The number of alkyl halides is 1. The summed E-state index contributed by atoms with van der Waals surface area (Å²) in [6.45, 7) is 5.53. The normalized spacial score (nSPS) is 12.9. The Balaban J connectivity index is 2.74. The first-order valence-electron chi connectivity index (χ1n) is 7.58. The molecule has 0 saturated heterocycles.